The lowest BCUT2D eigenvalue weighted by atomic mass is 9.82. The maximum Gasteiger partial charge on any atom is -0.0412 e. The van der Waals surface area contributed by atoms with Crippen molar-refractivity contribution >= 4 is 0 Å². The Labute approximate surface area is 149 Å². The van der Waals surface area contributed by atoms with Crippen LogP contribution in [0, 0.1) is 11.8 Å². The highest BCUT2D eigenvalue weighted by Crippen LogP contribution is 2.29. The molecule has 2 atom stereocenters. The van der Waals surface area contributed by atoms with E-state index in [9.17, 15) is 0 Å². The van der Waals surface area contributed by atoms with E-state index in [1.54, 1.807) is 0 Å². The minimum atomic E-state index is 1.02. The molecule has 0 spiro atoms. The summed E-state index contributed by atoms with van der Waals surface area (Å²) in [6.45, 7) is 9.37. The molecule has 0 aliphatic heterocycles. The molecular formula is C23H48. The Bertz CT molecular complexity index is 208. The molecule has 0 nitrogen and oxygen atoms in total. The van der Waals surface area contributed by atoms with Gasteiger partial charge in [-0.2, -0.15) is 0 Å². The summed E-state index contributed by atoms with van der Waals surface area (Å²) in [5.41, 5.74) is 0. The highest BCUT2D eigenvalue weighted by atomic mass is 14.2. The van der Waals surface area contributed by atoms with E-state index in [-0.39, 0.29) is 0 Å². The van der Waals surface area contributed by atoms with E-state index in [0.29, 0.717) is 0 Å². The van der Waals surface area contributed by atoms with E-state index in [4.69, 9.17) is 0 Å². The largest absolute Gasteiger partial charge is 0.0654 e. The van der Waals surface area contributed by atoms with Crippen LogP contribution in [0.4, 0.5) is 0 Å². The fraction of sp³-hybridized carbons (Fsp3) is 1.00. The molecule has 0 bridgehead atoms. The lowest BCUT2D eigenvalue weighted by Crippen LogP contribution is -2.10. The number of hydrogen-bond acceptors (Lipinski definition) is 0. The number of unbranched alkanes of at least 4 members (excludes halogenated alkanes) is 8. The third-order valence-corrected chi connectivity index (χ3v) is 5.51. The van der Waals surface area contributed by atoms with Gasteiger partial charge in [-0.1, -0.05) is 130 Å². The molecule has 0 saturated carbocycles. The van der Waals surface area contributed by atoms with Gasteiger partial charge in [-0.25, -0.2) is 0 Å². The van der Waals surface area contributed by atoms with Gasteiger partial charge in [0.1, 0.15) is 0 Å². The van der Waals surface area contributed by atoms with Gasteiger partial charge < -0.3 is 0 Å². The summed E-state index contributed by atoms with van der Waals surface area (Å²) in [4.78, 5) is 0. The summed E-state index contributed by atoms with van der Waals surface area (Å²) >= 11 is 0. The van der Waals surface area contributed by atoms with Gasteiger partial charge in [0.05, 0.1) is 0 Å². The molecule has 0 heteroatoms. The summed E-state index contributed by atoms with van der Waals surface area (Å²) in [5, 5.41) is 0. The topological polar surface area (TPSA) is 0 Å². The molecule has 0 aromatic carbocycles. The molecule has 0 rings (SSSR count). The minimum Gasteiger partial charge on any atom is -0.0654 e. The van der Waals surface area contributed by atoms with Crippen molar-refractivity contribution in [3.63, 3.8) is 0 Å². The molecule has 0 radical (unpaired) electrons. The van der Waals surface area contributed by atoms with Crippen molar-refractivity contribution in [2.45, 2.75) is 137 Å². The molecule has 0 aliphatic carbocycles. The third kappa shape index (κ3) is 15.3. The van der Waals surface area contributed by atoms with E-state index in [2.05, 4.69) is 27.7 Å². The van der Waals surface area contributed by atoms with Gasteiger partial charge in [0, 0.05) is 0 Å². The van der Waals surface area contributed by atoms with E-state index in [0.717, 1.165) is 11.8 Å². The first-order valence-electron chi connectivity index (χ1n) is 11.3. The summed E-state index contributed by atoms with van der Waals surface area (Å²) < 4.78 is 0. The zero-order chi connectivity index (χ0) is 17.2. The van der Waals surface area contributed by atoms with Crippen LogP contribution in [0.15, 0.2) is 0 Å². The molecule has 0 saturated heterocycles. The SMILES string of the molecule is CCCCCCCCC(CCCC)CC(CCC)CCCCC. The van der Waals surface area contributed by atoms with Gasteiger partial charge in [-0.05, 0) is 18.3 Å². The average Bonchev–Trinajstić information content (AvgIpc) is 2.55. The lowest BCUT2D eigenvalue weighted by Gasteiger charge is -2.24. The van der Waals surface area contributed by atoms with Crippen molar-refractivity contribution in [3.8, 4) is 0 Å². The number of hydrogen-bond donors (Lipinski definition) is 0. The first-order chi connectivity index (χ1) is 11.3. The van der Waals surface area contributed by atoms with Crippen molar-refractivity contribution in [1.29, 1.82) is 0 Å². The summed E-state index contributed by atoms with van der Waals surface area (Å²) in [5.74, 6) is 2.05. The molecule has 0 aromatic heterocycles. The molecule has 0 aliphatic rings. The van der Waals surface area contributed by atoms with Crippen LogP contribution < -0.4 is 0 Å². The van der Waals surface area contributed by atoms with E-state index in [1.165, 1.54) is 109 Å². The smallest absolute Gasteiger partial charge is 0.0412 e. The summed E-state index contributed by atoms with van der Waals surface area (Å²) in [6, 6.07) is 0. The summed E-state index contributed by atoms with van der Waals surface area (Å²) in [6.07, 6.45) is 24.7. The Morgan fingerprint density at radius 1 is 0.391 bits per heavy atom. The lowest BCUT2D eigenvalue weighted by molar-refractivity contribution is 0.289. The second kappa shape index (κ2) is 18.3. The van der Waals surface area contributed by atoms with Gasteiger partial charge >= 0.3 is 0 Å². The molecular weight excluding hydrogens is 276 g/mol. The highest BCUT2D eigenvalue weighted by Gasteiger charge is 2.15. The first kappa shape index (κ1) is 23.0. The number of rotatable bonds is 18. The predicted molar refractivity (Wildman–Crippen MR) is 108 cm³/mol. The van der Waals surface area contributed by atoms with Gasteiger partial charge in [-0.15, -0.1) is 0 Å². The van der Waals surface area contributed by atoms with Crippen molar-refractivity contribution in [2.75, 3.05) is 0 Å². The van der Waals surface area contributed by atoms with Crippen LogP contribution in [0.25, 0.3) is 0 Å². The molecule has 23 heavy (non-hydrogen) atoms. The third-order valence-electron chi connectivity index (χ3n) is 5.51. The average molecular weight is 325 g/mol. The zero-order valence-corrected chi connectivity index (χ0v) is 17.2. The zero-order valence-electron chi connectivity index (χ0n) is 17.2. The predicted octanol–water partition coefficient (Wildman–Crippen LogP) is 8.93. The molecule has 0 fully saturated rings. The van der Waals surface area contributed by atoms with Crippen LogP contribution in [0.2, 0.25) is 0 Å². The second-order valence-electron chi connectivity index (χ2n) is 7.95. The molecule has 2 unspecified atom stereocenters. The van der Waals surface area contributed by atoms with Crippen LogP contribution in [0.1, 0.15) is 137 Å². The minimum absolute atomic E-state index is 1.02. The van der Waals surface area contributed by atoms with Gasteiger partial charge in [0.2, 0.25) is 0 Å². The molecule has 0 amide bonds. The van der Waals surface area contributed by atoms with Crippen molar-refractivity contribution in [3.05, 3.63) is 0 Å². The maximum atomic E-state index is 2.38. The van der Waals surface area contributed by atoms with Crippen molar-refractivity contribution < 1.29 is 0 Å². The fourth-order valence-corrected chi connectivity index (χ4v) is 4.03. The monoisotopic (exact) mass is 324 g/mol. The fourth-order valence-electron chi connectivity index (χ4n) is 4.03. The van der Waals surface area contributed by atoms with Crippen LogP contribution >= 0.6 is 0 Å². The normalized spacial score (nSPS) is 14.1. The Morgan fingerprint density at radius 3 is 1.43 bits per heavy atom. The molecule has 0 heterocycles. The van der Waals surface area contributed by atoms with Gasteiger partial charge in [0.15, 0.2) is 0 Å². The Balaban J connectivity index is 4.09. The molecule has 140 valence electrons. The van der Waals surface area contributed by atoms with E-state index < -0.39 is 0 Å². The molecule has 0 aromatic rings. The van der Waals surface area contributed by atoms with Crippen LogP contribution in [0.5, 0.6) is 0 Å². The first-order valence-corrected chi connectivity index (χ1v) is 11.3. The van der Waals surface area contributed by atoms with Crippen LogP contribution in [0.3, 0.4) is 0 Å². The Kier molecular flexibility index (Phi) is 18.3. The van der Waals surface area contributed by atoms with Gasteiger partial charge in [0.25, 0.3) is 0 Å². The van der Waals surface area contributed by atoms with Gasteiger partial charge in [-0.3, -0.25) is 0 Å². The highest BCUT2D eigenvalue weighted by molar-refractivity contribution is 4.68. The van der Waals surface area contributed by atoms with Crippen molar-refractivity contribution in [2.24, 2.45) is 11.8 Å². The Hall–Kier alpha value is 0. The van der Waals surface area contributed by atoms with E-state index >= 15 is 0 Å². The Morgan fingerprint density at radius 2 is 0.826 bits per heavy atom. The quantitative estimate of drug-likeness (QED) is 0.221. The molecule has 0 N–H and O–H groups in total. The van der Waals surface area contributed by atoms with Crippen LogP contribution in [-0.2, 0) is 0 Å². The van der Waals surface area contributed by atoms with Crippen LogP contribution in [-0.4, -0.2) is 0 Å². The van der Waals surface area contributed by atoms with Crippen molar-refractivity contribution in [1.82, 2.24) is 0 Å². The maximum absolute atomic E-state index is 2.38. The van der Waals surface area contributed by atoms with E-state index in [1.807, 2.05) is 0 Å². The second-order valence-corrected chi connectivity index (χ2v) is 7.95. The standard InChI is InChI=1S/C23H48/c1-5-9-12-13-14-16-20-23(18-11-7-3)21-22(17-8-4)19-15-10-6-2/h22-23H,5-21H2,1-4H3. The summed E-state index contributed by atoms with van der Waals surface area (Å²) in [7, 11) is 0.